The van der Waals surface area contributed by atoms with E-state index in [-0.39, 0.29) is 12.6 Å². The van der Waals surface area contributed by atoms with E-state index < -0.39 is 13.0 Å². The average Bonchev–Trinajstić information content (AvgIpc) is 2.27. The van der Waals surface area contributed by atoms with Gasteiger partial charge in [0.25, 0.3) is 6.43 Å². The van der Waals surface area contributed by atoms with Gasteiger partial charge in [0.2, 0.25) is 0 Å². The van der Waals surface area contributed by atoms with E-state index >= 15 is 0 Å². The highest BCUT2D eigenvalue weighted by Crippen LogP contribution is 2.15. The summed E-state index contributed by atoms with van der Waals surface area (Å²) < 4.78 is 28.3. The monoisotopic (exact) mass is 264 g/mol. The summed E-state index contributed by atoms with van der Waals surface area (Å²) in [7, 11) is 0. The van der Waals surface area contributed by atoms with E-state index in [4.69, 9.17) is 22.1 Å². The fourth-order valence-electron chi connectivity index (χ4n) is 1.36. The highest BCUT2D eigenvalue weighted by molar-refractivity contribution is 6.31. The summed E-state index contributed by atoms with van der Waals surface area (Å²) in [5.74, 6) is 0. The fourth-order valence-corrected chi connectivity index (χ4v) is 1.56. The lowest BCUT2D eigenvalue weighted by Crippen LogP contribution is -2.25. The summed E-state index contributed by atoms with van der Waals surface area (Å²) in [6.45, 7) is -0.309. The van der Waals surface area contributed by atoms with Crippen LogP contribution in [-0.4, -0.2) is 30.7 Å². The molecule has 0 aliphatic carbocycles. The van der Waals surface area contributed by atoms with Crippen molar-refractivity contribution >= 4 is 11.6 Å². The van der Waals surface area contributed by atoms with Crippen LogP contribution in [0.1, 0.15) is 12.0 Å². The number of hydrogen-bond donors (Lipinski definition) is 1. The molecule has 1 unspecified atom stereocenters. The largest absolute Gasteiger partial charge is 0.375 e. The Morgan fingerprint density at radius 2 is 2.24 bits per heavy atom. The first-order valence-corrected chi connectivity index (χ1v) is 5.67. The maximum absolute atomic E-state index is 11.8. The summed E-state index contributed by atoms with van der Waals surface area (Å²) in [6.07, 6.45) is 1.86. The third kappa shape index (κ3) is 5.91. The molecule has 2 N–H and O–H groups in total. The summed E-state index contributed by atoms with van der Waals surface area (Å²) in [6, 6.07) is 1.63. The van der Waals surface area contributed by atoms with Crippen LogP contribution in [0, 0.1) is 0 Å². The topological polar surface area (TPSA) is 48.1 Å². The Bertz CT molecular complexity index is 339. The van der Waals surface area contributed by atoms with Crippen molar-refractivity contribution in [3.05, 3.63) is 29.0 Å². The maximum Gasteiger partial charge on any atom is 0.261 e. The molecular weight excluding hydrogens is 250 g/mol. The van der Waals surface area contributed by atoms with Gasteiger partial charge in [-0.2, -0.15) is 0 Å². The molecule has 0 spiro atoms. The minimum atomic E-state index is -2.43. The van der Waals surface area contributed by atoms with Gasteiger partial charge in [0.05, 0.1) is 5.02 Å². The van der Waals surface area contributed by atoms with Crippen molar-refractivity contribution < 1.29 is 13.5 Å². The van der Waals surface area contributed by atoms with Crippen molar-refractivity contribution in [2.45, 2.75) is 25.3 Å². The van der Waals surface area contributed by atoms with Gasteiger partial charge in [-0.1, -0.05) is 11.6 Å². The Morgan fingerprint density at radius 1 is 1.47 bits per heavy atom. The number of nitrogens with zero attached hydrogens (tertiary/aromatic N) is 1. The molecule has 0 bridgehead atoms. The number of halogens is 3. The zero-order chi connectivity index (χ0) is 12.7. The molecule has 17 heavy (non-hydrogen) atoms. The van der Waals surface area contributed by atoms with Crippen LogP contribution in [0.25, 0.3) is 0 Å². The van der Waals surface area contributed by atoms with Crippen molar-refractivity contribution in [1.29, 1.82) is 0 Å². The highest BCUT2D eigenvalue weighted by atomic mass is 35.5. The lowest BCUT2D eigenvalue weighted by Gasteiger charge is -2.12. The van der Waals surface area contributed by atoms with Gasteiger partial charge in [-0.3, -0.25) is 4.98 Å². The predicted molar refractivity (Wildman–Crippen MR) is 62.4 cm³/mol. The van der Waals surface area contributed by atoms with E-state index in [2.05, 4.69) is 4.98 Å². The van der Waals surface area contributed by atoms with E-state index in [0.29, 0.717) is 17.9 Å². The van der Waals surface area contributed by atoms with Crippen LogP contribution >= 0.6 is 11.6 Å². The van der Waals surface area contributed by atoms with Crippen molar-refractivity contribution in [1.82, 2.24) is 4.98 Å². The summed E-state index contributed by atoms with van der Waals surface area (Å²) >= 11 is 5.92. The minimum absolute atomic E-state index is 0.160. The molecule has 0 saturated carbocycles. The van der Waals surface area contributed by atoms with Crippen molar-refractivity contribution in [2.75, 3.05) is 13.2 Å². The summed E-state index contributed by atoms with van der Waals surface area (Å²) in [4.78, 5) is 3.87. The molecule has 0 aromatic carbocycles. The summed E-state index contributed by atoms with van der Waals surface area (Å²) in [5, 5.41) is 0.566. The smallest absolute Gasteiger partial charge is 0.261 e. The Kier molecular flexibility index (Phi) is 6.32. The molecule has 0 amide bonds. The van der Waals surface area contributed by atoms with E-state index in [9.17, 15) is 8.78 Å². The second-order valence-corrected chi connectivity index (χ2v) is 4.09. The molecule has 1 aromatic heterocycles. The molecule has 1 rings (SSSR count). The molecule has 0 aliphatic heterocycles. The van der Waals surface area contributed by atoms with Crippen molar-refractivity contribution in [3.63, 3.8) is 0 Å². The Morgan fingerprint density at radius 3 is 2.88 bits per heavy atom. The fraction of sp³-hybridized carbons (Fsp3) is 0.545. The highest BCUT2D eigenvalue weighted by Gasteiger charge is 2.08. The van der Waals surface area contributed by atoms with Gasteiger partial charge in [-0.15, -0.1) is 0 Å². The average molecular weight is 265 g/mol. The van der Waals surface area contributed by atoms with Crippen LogP contribution in [0.5, 0.6) is 0 Å². The molecule has 1 heterocycles. The first kappa shape index (κ1) is 14.3. The molecule has 0 saturated heterocycles. The molecule has 3 nitrogen and oxygen atoms in total. The third-order valence-corrected chi connectivity index (χ3v) is 2.56. The van der Waals surface area contributed by atoms with Gasteiger partial charge >= 0.3 is 0 Å². The number of ether oxygens (including phenoxy) is 1. The second kappa shape index (κ2) is 7.53. The molecule has 96 valence electrons. The van der Waals surface area contributed by atoms with Crippen LogP contribution in [0.2, 0.25) is 5.02 Å². The lowest BCUT2D eigenvalue weighted by atomic mass is 10.1. The van der Waals surface area contributed by atoms with Crippen LogP contribution in [0.15, 0.2) is 18.5 Å². The lowest BCUT2D eigenvalue weighted by molar-refractivity contribution is 0.0153. The first-order chi connectivity index (χ1) is 8.09. The quantitative estimate of drug-likeness (QED) is 0.769. The van der Waals surface area contributed by atoms with E-state index in [0.717, 1.165) is 5.56 Å². The van der Waals surface area contributed by atoms with Gasteiger partial charge in [0, 0.05) is 25.0 Å². The molecule has 1 aromatic rings. The van der Waals surface area contributed by atoms with E-state index in [1.165, 1.54) is 0 Å². The Hall–Kier alpha value is -0.780. The SMILES string of the molecule is NC(CCOCC(F)F)Cc1ccncc1Cl. The molecular formula is C11H15ClF2N2O. The third-order valence-electron chi connectivity index (χ3n) is 2.22. The van der Waals surface area contributed by atoms with Crippen LogP contribution in [0.4, 0.5) is 8.78 Å². The van der Waals surface area contributed by atoms with E-state index in [1.54, 1.807) is 18.5 Å². The van der Waals surface area contributed by atoms with Gasteiger partial charge in [0.15, 0.2) is 0 Å². The number of alkyl halides is 2. The molecule has 0 fully saturated rings. The van der Waals surface area contributed by atoms with Gasteiger partial charge in [-0.05, 0) is 24.5 Å². The molecule has 6 heteroatoms. The first-order valence-electron chi connectivity index (χ1n) is 5.29. The molecule has 0 radical (unpaired) electrons. The normalized spacial score (nSPS) is 13.0. The Labute approximate surface area is 104 Å². The van der Waals surface area contributed by atoms with Crippen molar-refractivity contribution in [2.24, 2.45) is 5.73 Å². The zero-order valence-corrected chi connectivity index (χ0v) is 10.0. The predicted octanol–water partition coefficient (Wildman–Crippen LogP) is 2.28. The summed E-state index contributed by atoms with van der Waals surface area (Å²) in [5.41, 5.74) is 6.75. The number of hydrogen-bond acceptors (Lipinski definition) is 3. The van der Waals surface area contributed by atoms with Crippen LogP contribution in [0.3, 0.4) is 0 Å². The van der Waals surface area contributed by atoms with Crippen molar-refractivity contribution in [3.8, 4) is 0 Å². The van der Waals surface area contributed by atoms with Crippen LogP contribution in [-0.2, 0) is 11.2 Å². The maximum atomic E-state index is 11.8. The van der Waals surface area contributed by atoms with Gasteiger partial charge in [0.1, 0.15) is 6.61 Å². The van der Waals surface area contributed by atoms with Crippen LogP contribution < -0.4 is 5.73 Å². The molecule has 1 atom stereocenters. The number of nitrogens with two attached hydrogens (primary N) is 1. The zero-order valence-electron chi connectivity index (χ0n) is 9.28. The minimum Gasteiger partial charge on any atom is -0.375 e. The molecule has 0 aliphatic rings. The number of aromatic nitrogens is 1. The second-order valence-electron chi connectivity index (χ2n) is 3.69. The standard InChI is InChI=1S/C11H15ClF2N2O/c12-10-6-16-3-1-8(10)5-9(15)2-4-17-7-11(13)14/h1,3,6,9,11H,2,4-5,7,15H2. The van der Waals surface area contributed by atoms with Gasteiger partial charge < -0.3 is 10.5 Å². The Balaban J connectivity index is 2.25. The van der Waals surface area contributed by atoms with E-state index in [1.807, 2.05) is 0 Å². The number of pyridine rings is 1. The van der Waals surface area contributed by atoms with Gasteiger partial charge in [-0.25, -0.2) is 8.78 Å². The number of rotatable bonds is 7.